The van der Waals surface area contributed by atoms with E-state index in [0.29, 0.717) is 17.1 Å². The molecule has 1 aromatic carbocycles. The van der Waals surface area contributed by atoms with Gasteiger partial charge >= 0.3 is 0 Å². The van der Waals surface area contributed by atoms with Crippen LogP contribution in [0.3, 0.4) is 0 Å². The number of para-hydroxylation sites is 1. The molecule has 0 spiro atoms. The summed E-state index contributed by atoms with van der Waals surface area (Å²) in [4.78, 5) is 0. The van der Waals surface area contributed by atoms with E-state index in [1.807, 2.05) is 0 Å². The molecule has 2 saturated carbocycles. The topological polar surface area (TPSA) is 20.2 Å². The van der Waals surface area contributed by atoms with Gasteiger partial charge < -0.3 is 5.11 Å². The molecule has 116 valence electrons. The lowest BCUT2D eigenvalue weighted by atomic mass is 9.63. The van der Waals surface area contributed by atoms with Crippen molar-refractivity contribution in [2.24, 2.45) is 23.2 Å². The lowest BCUT2D eigenvalue weighted by Crippen LogP contribution is -2.33. The van der Waals surface area contributed by atoms with Gasteiger partial charge in [-0.1, -0.05) is 59.7 Å². The quantitative estimate of drug-likeness (QED) is 0.725. The number of rotatable bonds is 1. The number of hydrogen-bond donors (Lipinski definition) is 1. The Labute approximate surface area is 129 Å². The summed E-state index contributed by atoms with van der Waals surface area (Å²) in [6.45, 7) is 13.8. The molecule has 0 aromatic heterocycles. The molecular weight excluding hydrogens is 256 g/mol. The first-order valence-electron chi connectivity index (χ1n) is 8.46. The van der Waals surface area contributed by atoms with Gasteiger partial charge in [-0.25, -0.2) is 0 Å². The van der Waals surface area contributed by atoms with Crippen molar-refractivity contribution >= 4 is 0 Å². The van der Waals surface area contributed by atoms with Gasteiger partial charge in [-0.2, -0.15) is 0 Å². The van der Waals surface area contributed by atoms with Crippen LogP contribution in [0, 0.1) is 23.2 Å². The van der Waals surface area contributed by atoms with Gasteiger partial charge in [0.1, 0.15) is 5.75 Å². The number of phenolic OH excluding ortho intramolecular Hbond substituents is 1. The van der Waals surface area contributed by atoms with Crippen molar-refractivity contribution < 1.29 is 5.11 Å². The largest absolute Gasteiger partial charge is 0.507 e. The maximum absolute atomic E-state index is 10.8. The van der Waals surface area contributed by atoms with Crippen molar-refractivity contribution in [2.75, 3.05) is 0 Å². The Balaban J connectivity index is 2.01. The molecule has 2 bridgehead atoms. The minimum absolute atomic E-state index is 0.000518. The Morgan fingerprint density at radius 2 is 1.81 bits per heavy atom. The van der Waals surface area contributed by atoms with E-state index in [1.54, 1.807) is 0 Å². The third kappa shape index (κ3) is 2.12. The van der Waals surface area contributed by atoms with Crippen LogP contribution in [0.2, 0.25) is 0 Å². The molecule has 2 fully saturated rings. The fraction of sp³-hybridized carbons (Fsp3) is 0.700. The third-order valence-electron chi connectivity index (χ3n) is 6.71. The monoisotopic (exact) mass is 286 g/mol. The zero-order chi connectivity index (χ0) is 15.6. The molecule has 4 unspecified atom stereocenters. The van der Waals surface area contributed by atoms with Crippen molar-refractivity contribution in [2.45, 2.75) is 65.7 Å². The number of phenols is 1. The van der Waals surface area contributed by atoms with E-state index in [-0.39, 0.29) is 5.41 Å². The Bertz CT molecular complexity index is 549. The first kappa shape index (κ1) is 14.9. The van der Waals surface area contributed by atoms with Crippen LogP contribution in [-0.2, 0) is 5.41 Å². The SMILES string of the molecule is CC1C2CC(c3cccc(C(C)(C)C)c3O)C(C2)C1(C)C. The predicted octanol–water partition coefficient (Wildman–Crippen LogP) is 5.48. The minimum Gasteiger partial charge on any atom is -0.507 e. The summed E-state index contributed by atoms with van der Waals surface area (Å²) in [6.07, 6.45) is 2.61. The van der Waals surface area contributed by atoms with E-state index >= 15 is 0 Å². The van der Waals surface area contributed by atoms with Gasteiger partial charge in [-0.05, 0) is 58.5 Å². The predicted molar refractivity (Wildman–Crippen MR) is 88.7 cm³/mol. The molecule has 1 heteroatoms. The molecule has 21 heavy (non-hydrogen) atoms. The van der Waals surface area contributed by atoms with Crippen LogP contribution >= 0.6 is 0 Å². The first-order chi connectivity index (χ1) is 9.64. The fourth-order valence-corrected chi connectivity index (χ4v) is 5.06. The van der Waals surface area contributed by atoms with Crippen molar-refractivity contribution in [3.05, 3.63) is 29.3 Å². The summed E-state index contributed by atoms with van der Waals surface area (Å²) in [5, 5.41) is 10.8. The molecule has 0 heterocycles. The smallest absolute Gasteiger partial charge is 0.122 e. The van der Waals surface area contributed by atoms with E-state index in [4.69, 9.17) is 0 Å². The lowest BCUT2D eigenvalue weighted by Gasteiger charge is -2.41. The van der Waals surface area contributed by atoms with Crippen LogP contribution in [0.4, 0.5) is 0 Å². The number of aromatic hydroxyl groups is 1. The molecule has 0 radical (unpaired) electrons. The van der Waals surface area contributed by atoms with Gasteiger partial charge in [0.15, 0.2) is 0 Å². The van der Waals surface area contributed by atoms with E-state index in [0.717, 1.165) is 23.3 Å². The molecule has 0 amide bonds. The zero-order valence-electron chi connectivity index (χ0n) is 14.4. The molecule has 1 aromatic rings. The van der Waals surface area contributed by atoms with E-state index in [9.17, 15) is 5.11 Å². The van der Waals surface area contributed by atoms with E-state index in [2.05, 4.69) is 59.7 Å². The van der Waals surface area contributed by atoms with Gasteiger partial charge in [-0.3, -0.25) is 0 Å². The molecule has 1 N–H and O–H groups in total. The minimum atomic E-state index is 0.000518. The molecule has 0 aliphatic heterocycles. The molecule has 1 nitrogen and oxygen atoms in total. The van der Waals surface area contributed by atoms with Gasteiger partial charge in [-0.15, -0.1) is 0 Å². The summed E-state index contributed by atoms with van der Waals surface area (Å²) in [5.41, 5.74) is 2.70. The second kappa shape index (κ2) is 4.51. The number of hydrogen-bond acceptors (Lipinski definition) is 1. The van der Waals surface area contributed by atoms with Crippen LogP contribution in [0.5, 0.6) is 5.75 Å². The van der Waals surface area contributed by atoms with Crippen LogP contribution in [-0.4, -0.2) is 5.11 Å². The molecule has 4 atom stereocenters. The second-order valence-electron chi connectivity index (χ2n) is 9.05. The summed E-state index contributed by atoms with van der Waals surface area (Å²) < 4.78 is 0. The number of benzene rings is 1. The lowest BCUT2D eigenvalue weighted by molar-refractivity contribution is 0.117. The van der Waals surface area contributed by atoms with Gasteiger partial charge in [0, 0.05) is 0 Å². The highest BCUT2D eigenvalue weighted by Gasteiger charge is 2.55. The summed E-state index contributed by atoms with van der Waals surface area (Å²) >= 11 is 0. The maximum Gasteiger partial charge on any atom is 0.122 e. The van der Waals surface area contributed by atoms with Crippen LogP contribution < -0.4 is 0 Å². The molecule has 2 aliphatic rings. The second-order valence-corrected chi connectivity index (χ2v) is 9.05. The fourth-order valence-electron chi connectivity index (χ4n) is 5.06. The first-order valence-corrected chi connectivity index (χ1v) is 8.46. The van der Waals surface area contributed by atoms with Crippen molar-refractivity contribution in [3.63, 3.8) is 0 Å². The summed E-state index contributed by atoms with van der Waals surface area (Å²) in [6, 6.07) is 6.38. The molecular formula is C20H30O. The average Bonchev–Trinajstić information content (AvgIpc) is 2.89. The normalized spacial score (nSPS) is 34.4. The van der Waals surface area contributed by atoms with E-state index < -0.39 is 0 Å². The Morgan fingerprint density at radius 1 is 1.14 bits per heavy atom. The van der Waals surface area contributed by atoms with Crippen LogP contribution in [0.15, 0.2) is 18.2 Å². The number of fused-ring (bicyclic) bond motifs is 2. The van der Waals surface area contributed by atoms with Gasteiger partial charge in [0.2, 0.25) is 0 Å². The molecule has 3 rings (SSSR count). The van der Waals surface area contributed by atoms with Crippen LogP contribution in [0.1, 0.15) is 71.4 Å². The molecule has 0 saturated heterocycles. The Kier molecular flexibility index (Phi) is 3.21. The average molecular weight is 286 g/mol. The summed E-state index contributed by atoms with van der Waals surface area (Å²) in [5.74, 6) is 3.48. The highest BCUT2D eigenvalue weighted by Crippen LogP contribution is 2.65. The Hall–Kier alpha value is -0.980. The zero-order valence-corrected chi connectivity index (χ0v) is 14.4. The highest BCUT2D eigenvalue weighted by molar-refractivity contribution is 5.46. The summed E-state index contributed by atoms with van der Waals surface area (Å²) in [7, 11) is 0. The van der Waals surface area contributed by atoms with Gasteiger partial charge in [0.05, 0.1) is 0 Å². The van der Waals surface area contributed by atoms with Crippen LogP contribution in [0.25, 0.3) is 0 Å². The third-order valence-corrected chi connectivity index (χ3v) is 6.71. The van der Waals surface area contributed by atoms with E-state index in [1.165, 1.54) is 18.4 Å². The standard InChI is InChI=1S/C20H30O/c1-12-13-10-15(17(11-13)20(12,5)6)14-8-7-9-16(18(14)21)19(2,3)4/h7-9,12-13,15,17,21H,10-11H2,1-6H3. The Morgan fingerprint density at radius 3 is 2.33 bits per heavy atom. The van der Waals surface area contributed by atoms with Crippen molar-refractivity contribution in [1.29, 1.82) is 0 Å². The maximum atomic E-state index is 10.8. The van der Waals surface area contributed by atoms with Gasteiger partial charge in [0.25, 0.3) is 0 Å². The molecule has 2 aliphatic carbocycles. The highest BCUT2D eigenvalue weighted by atomic mass is 16.3. The van der Waals surface area contributed by atoms with Crippen molar-refractivity contribution in [1.82, 2.24) is 0 Å². The van der Waals surface area contributed by atoms with Crippen molar-refractivity contribution in [3.8, 4) is 5.75 Å².